The standard InChI is InChI=1S/C74H105N5O18/c1-69(2,3)92-62(82)55(75-64(84)93-70(4,5)6)37-28-29-44-78-46-53(40-42-56(76-65(85)94-71(7,8)9)60(80)89-47-50-31-22-19-23-32-50)45-54(41-43-57(77-66(86)95-72(10,11)12)61(81)90-48-51-33-24-20-25-34-51)58(78)38-30-39-59(63(83)91-49-52-35-26-21-27-36-52)79(67(87)96-73(13,14)15)68(88)97-74(16,17)18/h19-27,31-36,45-46,55-57,59H,28-30,37-44,47-49H2,1-18H3,(H2-,75,76,77,84,85,86)/p+1/t55-,56-,57-,59-/m0/s1. The highest BCUT2D eigenvalue weighted by Gasteiger charge is 2.42. The van der Waals surface area contributed by atoms with Crippen LogP contribution in [0.2, 0.25) is 0 Å². The van der Waals surface area contributed by atoms with Gasteiger partial charge in [0.25, 0.3) is 0 Å². The largest absolute Gasteiger partial charge is 0.459 e. The van der Waals surface area contributed by atoms with Gasteiger partial charge in [0.2, 0.25) is 0 Å². The lowest BCUT2D eigenvalue weighted by atomic mass is 9.95. The zero-order valence-electron chi connectivity index (χ0n) is 60.3. The molecule has 97 heavy (non-hydrogen) atoms. The van der Waals surface area contributed by atoms with Crippen LogP contribution in [0.3, 0.4) is 0 Å². The number of imide groups is 1. The number of carbonyl (C=O) groups excluding carboxylic acids is 9. The summed E-state index contributed by atoms with van der Waals surface area (Å²) in [5, 5.41) is 8.15. The molecule has 0 unspecified atom stereocenters. The van der Waals surface area contributed by atoms with Gasteiger partial charge in [-0.3, -0.25) is 0 Å². The molecule has 0 saturated carbocycles. The number of hydrogen-bond donors (Lipinski definition) is 3. The van der Waals surface area contributed by atoms with Crippen LogP contribution < -0.4 is 20.5 Å². The smallest absolute Gasteiger partial charge is 0.420 e. The van der Waals surface area contributed by atoms with Crippen LogP contribution in [-0.4, -0.2) is 117 Å². The summed E-state index contributed by atoms with van der Waals surface area (Å²) >= 11 is 0. The Hall–Kier alpha value is -8.76. The van der Waals surface area contributed by atoms with Crippen LogP contribution in [0.1, 0.15) is 203 Å². The maximum absolute atomic E-state index is 14.7. The lowest BCUT2D eigenvalue weighted by Gasteiger charge is -2.32. The van der Waals surface area contributed by atoms with Crippen LogP contribution in [0.25, 0.3) is 0 Å². The number of esters is 4. The van der Waals surface area contributed by atoms with Gasteiger partial charge in [-0.2, -0.15) is 4.90 Å². The third-order valence-electron chi connectivity index (χ3n) is 13.6. The quantitative estimate of drug-likeness (QED) is 0.0197. The number of alkyl carbamates (subject to hydrolysis) is 3. The monoisotopic (exact) mass is 1350 g/mol. The van der Waals surface area contributed by atoms with E-state index in [0.717, 1.165) is 0 Å². The molecule has 4 aromatic rings. The third kappa shape index (κ3) is 32.7. The van der Waals surface area contributed by atoms with Gasteiger partial charge in [0.15, 0.2) is 11.9 Å². The number of ether oxygens (including phenoxy) is 9. The van der Waals surface area contributed by atoms with Crippen LogP contribution in [-0.2, 0) is 107 Å². The first-order chi connectivity index (χ1) is 45.0. The summed E-state index contributed by atoms with van der Waals surface area (Å²) in [6, 6.07) is 23.6. The molecular formula is C74H106N5O18+. The molecule has 534 valence electrons. The second-order valence-corrected chi connectivity index (χ2v) is 29.7. The van der Waals surface area contributed by atoms with Crippen molar-refractivity contribution in [2.75, 3.05) is 0 Å². The summed E-state index contributed by atoms with van der Waals surface area (Å²) in [4.78, 5) is 127. The van der Waals surface area contributed by atoms with Gasteiger partial charge >= 0.3 is 54.3 Å². The molecule has 5 amide bonds. The first-order valence-electron chi connectivity index (χ1n) is 33.1. The lowest BCUT2D eigenvalue weighted by Crippen LogP contribution is -2.52. The van der Waals surface area contributed by atoms with E-state index in [9.17, 15) is 43.2 Å². The molecule has 0 radical (unpaired) electrons. The average molecular weight is 1350 g/mol. The first kappa shape index (κ1) is 80.7. The fourth-order valence-electron chi connectivity index (χ4n) is 9.62. The molecule has 1 heterocycles. The van der Waals surface area contributed by atoms with E-state index < -0.39 is 112 Å². The van der Waals surface area contributed by atoms with Crippen molar-refractivity contribution in [1.29, 1.82) is 0 Å². The molecule has 0 aliphatic heterocycles. The van der Waals surface area contributed by atoms with E-state index in [0.29, 0.717) is 51.3 Å². The second kappa shape index (κ2) is 36.5. The van der Waals surface area contributed by atoms with E-state index in [1.807, 2.05) is 41.1 Å². The molecule has 4 atom stereocenters. The molecule has 0 fully saturated rings. The molecule has 23 nitrogen and oxygen atoms in total. The summed E-state index contributed by atoms with van der Waals surface area (Å²) in [7, 11) is 0. The molecule has 0 spiro atoms. The Morgan fingerprint density at radius 2 is 0.742 bits per heavy atom. The number of carbonyl (C=O) groups is 9. The number of rotatable bonds is 29. The number of aryl methyl sites for hydroxylation is 3. The van der Waals surface area contributed by atoms with Crippen molar-refractivity contribution in [1.82, 2.24) is 20.9 Å². The predicted molar refractivity (Wildman–Crippen MR) is 362 cm³/mol. The number of amides is 5. The van der Waals surface area contributed by atoms with Gasteiger partial charge < -0.3 is 58.6 Å². The van der Waals surface area contributed by atoms with Crippen molar-refractivity contribution in [3.63, 3.8) is 0 Å². The van der Waals surface area contributed by atoms with Gasteiger partial charge in [0.1, 0.15) is 84.1 Å². The fourth-order valence-corrected chi connectivity index (χ4v) is 9.62. The molecule has 1 aromatic heterocycles. The number of nitrogens with zero attached hydrogens (tertiary/aromatic N) is 2. The molecular weight excluding hydrogens is 1250 g/mol. The van der Waals surface area contributed by atoms with E-state index in [-0.39, 0.29) is 77.7 Å². The Morgan fingerprint density at radius 1 is 0.381 bits per heavy atom. The number of aromatic nitrogens is 1. The Morgan fingerprint density at radius 3 is 1.12 bits per heavy atom. The molecule has 0 aliphatic carbocycles. The normalized spacial score (nSPS) is 13.2. The van der Waals surface area contributed by atoms with Crippen molar-refractivity contribution in [2.45, 2.75) is 273 Å². The Bertz CT molecular complexity index is 3200. The average Bonchev–Trinajstić information content (AvgIpc) is 0.826. The summed E-state index contributed by atoms with van der Waals surface area (Å²) in [6.45, 7) is 29.9. The van der Waals surface area contributed by atoms with E-state index >= 15 is 0 Å². The maximum atomic E-state index is 14.7. The second-order valence-electron chi connectivity index (χ2n) is 29.7. The first-order valence-corrected chi connectivity index (χ1v) is 33.1. The number of unbranched alkanes of at least 4 members (excludes halogenated alkanes) is 1. The van der Waals surface area contributed by atoms with E-state index in [1.165, 1.54) is 0 Å². The number of benzene rings is 3. The highest BCUT2D eigenvalue weighted by atomic mass is 16.6. The highest BCUT2D eigenvalue weighted by Crippen LogP contribution is 2.25. The number of pyridine rings is 1. The van der Waals surface area contributed by atoms with Crippen LogP contribution in [0, 0.1) is 0 Å². The molecule has 23 heteroatoms. The van der Waals surface area contributed by atoms with E-state index in [4.69, 9.17) is 42.6 Å². The summed E-state index contributed by atoms with van der Waals surface area (Å²) in [6.07, 6.45) is -2.07. The van der Waals surface area contributed by atoms with Crippen molar-refractivity contribution in [3.8, 4) is 0 Å². The lowest BCUT2D eigenvalue weighted by molar-refractivity contribution is -0.705. The highest BCUT2D eigenvalue weighted by molar-refractivity contribution is 5.94. The molecule has 0 bridgehead atoms. The minimum Gasteiger partial charge on any atom is -0.459 e. The maximum Gasteiger partial charge on any atom is 0.420 e. The molecule has 3 N–H and O–H groups in total. The number of nitrogens with one attached hydrogen (secondary N) is 3. The molecule has 0 aliphatic rings. The van der Waals surface area contributed by atoms with Crippen molar-refractivity contribution >= 4 is 54.3 Å². The van der Waals surface area contributed by atoms with Gasteiger partial charge in [-0.25, -0.2) is 47.7 Å². The molecule has 3 aromatic carbocycles. The summed E-state index contributed by atoms with van der Waals surface area (Å²) in [5.74, 6) is -3.09. The molecule has 0 saturated heterocycles. The van der Waals surface area contributed by atoms with Gasteiger partial charge in [0.05, 0.1) is 0 Å². The predicted octanol–water partition coefficient (Wildman–Crippen LogP) is 13.1. The van der Waals surface area contributed by atoms with Crippen LogP contribution in [0.15, 0.2) is 103 Å². The fraction of sp³-hybridized carbons (Fsp3) is 0.568. The number of hydrogen-bond acceptors (Lipinski definition) is 18. The van der Waals surface area contributed by atoms with Crippen molar-refractivity contribution < 1.29 is 90.3 Å². The third-order valence-corrected chi connectivity index (χ3v) is 13.6. The summed E-state index contributed by atoms with van der Waals surface area (Å²) in [5.41, 5.74) is -1.98. The van der Waals surface area contributed by atoms with E-state index in [2.05, 4.69) is 16.0 Å². The zero-order valence-corrected chi connectivity index (χ0v) is 60.3. The van der Waals surface area contributed by atoms with Gasteiger partial charge in [-0.05, 0) is 199 Å². The van der Waals surface area contributed by atoms with Crippen molar-refractivity contribution in [2.24, 2.45) is 0 Å². The van der Waals surface area contributed by atoms with Crippen LogP contribution in [0.5, 0.6) is 0 Å². The Labute approximate surface area is 573 Å². The molecule has 4 rings (SSSR count). The van der Waals surface area contributed by atoms with Crippen LogP contribution >= 0.6 is 0 Å². The van der Waals surface area contributed by atoms with Gasteiger partial charge in [-0.15, -0.1) is 0 Å². The topological polar surface area (TPSA) is 280 Å². The summed E-state index contributed by atoms with van der Waals surface area (Å²) < 4.78 is 53.6. The van der Waals surface area contributed by atoms with Crippen LogP contribution in [0.4, 0.5) is 24.0 Å². The Kier molecular flexibility index (Phi) is 30.4. The Balaban J connectivity index is 1.98. The van der Waals surface area contributed by atoms with Gasteiger partial charge in [-0.1, -0.05) is 91.0 Å². The SMILES string of the molecule is CC(C)(C)OC(=O)N[C@@H](CCc1cc(CC[C@H](NC(=O)OC(C)(C)C)C(=O)OCc2ccccc2)c(CCC[C@@H](C(=O)OCc2ccccc2)N(C(=O)OC(C)(C)C)C(=O)OC(C)(C)C)[n+](CCCC[C@H](NC(=O)OC(C)(C)C)C(=O)OC(C)(C)C)c1)C(=O)OCc1ccccc1. The van der Waals surface area contributed by atoms with Crippen molar-refractivity contribution in [3.05, 3.63) is 137 Å². The minimum atomic E-state index is -1.61. The zero-order chi connectivity index (χ0) is 72.5. The minimum absolute atomic E-state index is 0.00781. The van der Waals surface area contributed by atoms with E-state index in [1.54, 1.807) is 191 Å². The van der Waals surface area contributed by atoms with Gasteiger partial charge in [0, 0.05) is 24.0 Å².